The van der Waals surface area contributed by atoms with Gasteiger partial charge in [0, 0.05) is 37.3 Å². The zero-order valence-electron chi connectivity index (χ0n) is 20.6. The maximum Gasteiger partial charge on any atom is 0.416 e. The molecule has 2 N–H and O–H groups in total. The molecule has 2 aromatic rings. The first-order valence-corrected chi connectivity index (χ1v) is 13.6. The lowest BCUT2D eigenvalue weighted by atomic mass is 9.84. The van der Waals surface area contributed by atoms with Gasteiger partial charge in [-0.3, -0.25) is 9.69 Å². The predicted molar refractivity (Wildman–Crippen MR) is 135 cm³/mol. The number of benzene rings is 1. The Morgan fingerprint density at radius 2 is 2.00 bits per heavy atom. The van der Waals surface area contributed by atoms with Crippen LogP contribution in [0.25, 0.3) is 6.08 Å². The van der Waals surface area contributed by atoms with Gasteiger partial charge in [-0.25, -0.2) is 4.98 Å². The molecule has 0 spiro atoms. The second-order valence-corrected chi connectivity index (χ2v) is 11.3. The summed E-state index contributed by atoms with van der Waals surface area (Å²) in [4.78, 5) is 20.0. The highest BCUT2D eigenvalue weighted by atomic mass is 32.1. The molecule has 1 amide bonds. The van der Waals surface area contributed by atoms with E-state index in [1.807, 2.05) is 5.38 Å². The normalized spacial score (nSPS) is 26.5. The molecular weight excluding hydrogens is 503 g/mol. The molecule has 10 heteroatoms. The van der Waals surface area contributed by atoms with Crippen LogP contribution in [0.15, 0.2) is 36.4 Å². The van der Waals surface area contributed by atoms with Crippen molar-refractivity contribution in [1.82, 2.24) is 15.2 Å². The molecule has 2 saturated heterocycles. The number of aliphatic hydroxyl groups is 1. The number of alkyl halides is 3. The zero-order chi connectivity index (χ0) is 26.3. The maximum absolute atomic E-state index is 13.4. The number of carbonyl (C=O) groups excluding carboxylic acids is 1. The zero-order valence-corrected chi connectivity index (χ0v) is 21.4. The SMILES string of the molecule is C=Cc1cc(CNC(=O)[C@@]2(C3CC3)CCC(N3CCC(O)(c4nccs4)CC3)CO2)cc(C(F)(F)F)c1. The molecule has 1 aliphatic carbocycles. The van der Waals surface area contributed by atoms with Crippen LogP contribution in [0.4, 0.5) is 13.2 Å². The molecular formula is C27H32F3N3O3S. The van der Waals surface area contributed by atoms with E-state index in [4.69, 9.17) is 4.74 Å². The summed E-state index contributed by atoms with van der Waals surface area (Å²) in [5.74, 6) is -0.113. The number of nitrogens with zero attached hydrogens (tertiary/aromatic N) is 2. The summed E-state index contributed by atoms with van der Waals surface area (Å²) >= 11 is 1.48. The molecule has 1 aromatic carbocycles. The van der Waals surface area contributed by atoms with Gasteiger partial charge in [-0.2, -0.15) is 13.2 Å². The Bertz CT molecular complexity index is 1120. The van der Waals surface area contributed by atoms with Crippen molar-refractivity contribution in [2.75, 3.05) is 19.7 Å². The highest BCUT2D eigenvalue weighted by Crippen LogP contribution is 2.47. The maximum atomic E-state index is 13.4. The van der Waals surface area contributed by atoms with Gasteiger partial charge < -0.3 is 15.2 Å². The first-order chi connectivity index (χ1) is 17.6. The van der Waals surface area contributed by atoms with Gasteiger partial charge in [0.05, 0.1) is 12.2 Å². The Morgan fingerprint density at radius 1 is 1.24 bits per heavy atom. The summed E-state index contributed by atoms with van der Waals surface area (Å²) in [6.45, 7) is 5.45. The molecule has 6 nitrogen and oxygen atoms in total. The van der Waals surface area contributed by atoms with Gasteiger partial charge in [0.15, 0.2) is 0 Å². The summed E-state index contributed by atoms with van der Waals surface area (Å²) in [6, 6.07) is 3.89. The Balaban J connectivity index is 1.20. The first kappa shape index (κ1) is 26.3. The number of aromatic nitrogens is 1. The molecule has 1 aromatic heterocycles. The summed E-state index contributed by atoms with van der Waals surface area (Å²) in [6.07, 6.45) is 3.01. The van der Waals surface area contributed by atoms with Crippen molar-refractivity contribution in [1.29, 1.82) is 0 Å². The quantitative estimate of drug-likeness (QED) is 0.536. The third kappa shape index (κ3) is 5.48. The average molecular weight is 536 g/mol. The number of hydrogen-bond donors (Lipinski definition) is 2. The van der Waals surface area contributed by atoms with Crippen LogP contribution in [0.5, 0.6) is 0 Å². The van der Waals surface area contributed by atoms with Gasteiger partial charge in [0.1, 0.15) is 16.2 Å². The van der Waals surface area contributed by atoms with Crippen LogP contribution < -0.4 is 5.32 Å². The Hall–Kier alpha value is -2.27. The summed E-state index contributed by atoms with van der Waals surface area (Å²) in [7, 11) is 0. The van der Waals surface area contributed by atoms with Crippen molar-refractivity contribution in [3.8, 4) is 0 Å². The lowest BCUT2D eigenvalue weighted by Crippen LogP contribution is -2.58. The molecule has 37 heavy (non-hydrogen) atoms. The molecule has 1 saturated carbocycles. The van der Waals surface area contributed by atoms with Crippen LogP contribution in [0.3, 0.4) is 0 Å². The number of hydrogen-bond acceptors (Lipinski definition) is 6. The van der Waals surface area contributed by atoms with E-state index >= 15 is 0 Å². The number of halogens is 3. The third-order valence-electron chi connectivity index (χ3n) is 8.01. The van der Waals surface area contributed by atoms with E-state index < -0.39 is 22.9 Å². The lowest BCUT2D eigenvalue weighted by Gasteiger charge is -2.46. The van der Waals surface area contributed by atoms with Gasteiger partial charge in [-0.1, -0.05) is 12.7 Å². The number of thiazole rings is 1. The van der Waals surface area contributed by atoms with Crippen LogP contribution in [-0.2, 0) is 27.9 Å². The third-order valence-corrected chi connectivity index (χ3v) is 8.97. The highest BCUT2D eigenvalue weighted by Gasteiger charge is 2.54. The molecule has 3 heterocycles. The smallest absolute Gasteiger partial charge is 0.383 e. The minimum absolute atomic E-state index is 0.00762. The van der Waals surface area contributed by atoms with E-state index in [0.717, 1.165) is 49.5 Å². The van der Waals surface area contributed by atoms with E-state index in [0.29, 0.717) is 37.0 Å². The standard InChI is InChI=1S/C27H32F3N3O3S/c1-2-18-13-19(15-21(14-18)27(28,29)30)16-32-23(34)26(20-3-4-20)6-5-22(17-36-26)33-10-7-25(35,8-11-33)24-31-9-12-37-24/h2,9,12-15,20,22,35H,1,3-8,10-11,16-17H2,(H,32,34)/t22?,26-/m0/s1. The van der Waals surface area contributed by atoms with E-state index in [9.17, 15) is 23.1 Å². The number of rotatable bonds is 7. The van der Waals surface area contributed by atoms with Crippen molar-refractivity contribution in [2.24, 2.45) is 5.92 Å². The van der Waals surface area contributed by atoms with E-state index in [2.05, 4.69) is 21.8 Å². The second-order valence-electron chi connectivity index (χ2n) is 10.4. The minimum atomic E-state index is -4.47. The number of carbonyl (C=O) groups is 1. The highest BCUT2D eigenvalue weighted by molar-refractivity contribution is 7.09. The minimum Gasteiger partial charge on any atom is -0.383 e. The van der Waals surface area contributed by atoms with Crippen molar-refractivity contribution in [3.05, 3.63) is 58.1 Å². The number of ether oxygens (including phenoxy) is 1. The molecule has 0 bridgehead atoms. The fraction of sp³-hybridized carbons (Fsp3) is 0.556. The summed E-state index contributed by atoms with van der Waals surface area (Å²) in [5.41, 5.74) is -1.84. The fourth-order valence-corrected chi connectivity index (χ4v) is 6.46. The molecule has 3 fully saturated rings. The molecule has 1 unspecified atom stereocenters. The Labute approximate surface area is 218 Å². The number of likely N-dealkylation sites (tertiary alicyclic amines) is 1. The monoisotopic (exact) mass is 535 g/mol. The van der Waals surface area contributed by atoms with Crippen molar-refractivity contribution in [2.45, 2.75) is 68.5 Å². The number of piperidine rings is 1. The van der Waals surface area contributed by atoms with Gasteiger partial charge in [0.25, 0.3) is 5.91 Å². The summed E-state index contributed by atoms with van der Waals surface area (Å²) in [5, 5.41) is 16.5. The molecule has 200 valence electrons. The van der Waals surface area contributed by atoms with Crippen molar-refractivity contribution >= 4 is 23.3 Å². The van der Waals surface area contributed by atoms with Crippen LogP contribution in [0, 0.1) is 5.92 Å². The molecule has 0 radical (unpaired) electrons. The van der Waals surface area contributed by atoms with Gasteiger partial charge >= 0.3 is 6.18 Å². The molecule has 2 atom stereocenters. The van der Waals surface area contributed by atoms with Crippen molar-refractivity contribution in [3.63, 3.8) is 0 Å². The van der Waals surface area contributed by atoms with Crippen LogP contribution in [0.1, 0.15) is 60.2 Å². The predicted octanol–water partition coefficient (Wildman–Crippen LogP) is 4.73. The Kier molecular flexibility index (Phi) is 7.21. The lowest BCUT2D eigenvalue weighted by molar-refractivity contribution is -0.167. The van der Waals surface area contributed by atoms with Crippen LogP contribution in [0.2, 0.25) is 0 Å². The number of amides is 1. The molecule has 3 aliphatic rings. The largest absolute Gasteiger partial charge is 0.416 e. The second kappa shape index (κ2) is 10.1. The van der Waals surface area contributed by atoms with Gasteiger partial charge in [0.2, 0.25) is 0 Å². The van der Waals surface area contributed by atoms with E-state index in [1.165, 1.54) is 17.4 Å². The van der Waals surface area contributed by atoms with Crippen LogP contribution in [-0.4, -0.2) is 52.2 Å². The van der Waals surface area contributed by atoms with E-state index in [-0.39, 0.29) is 24.4 Å². The number of nitrogens with one attached hydrogen (secondary N) is 1. The Morgan fingerprint density at radius 3 is 2.57 bits per heavy atom. The average Bonchev–Trinajstić information content (AvgIpc) is 3.60. The molecule has 5 rings (SSSR count). The fourth-order valence-electron chi connectivity index (χ4n) is 5.67. The van der Waals surface area contributed by atoms with Crippen molar-refractivity contribution < 1.29 is 27.8 Å². The van der Waals surface area contributed by atoms with Gasteiger partial charge in [-0.05, 0) is 73.8 Å². The first-order valence-electron chi connectivity index (χ1n) is 12.8. The molecule has 2 aliphatic heterocycles. The van der Waals surface area contributed by atoms with Gasteiger partial charge in [-0.15, -0.1) is 11.3 Å². The van der Waals surface area contributed by atoms with Crippen LogP contribution >= 0.6 is 11.3 Å². The topological polar surface area (TPSA) is 74.7 Å². The van der Waals surface area contributed by atoms with E-state index in [1.54, 1.807) is 12.3 Å². The summed E-state index contributed by atoms with van der Waals surface area (Å²) < 4.78 is 46.2.